The van der Waals surface area contributed by atoms with E-state index in [2.05, 4.69) is 0 Å². The Bertz CT molecular complexity index is 238. The van der Waals surface area contributed by atoms with Crippen LogP contribution in [-0.2, 0) is 9.59 Å². The lowest BCUT2D eigenvalue weighted by atomic mass is 9.98. The molecule has 3 heteroatoms. The van der Waals surface area contributed by atoms with Gasteiger partial charge in [-0.3, -0.25) is 0 Å². The zero-order valence-corrected chi connectivity index (χ0v) is 5.86. The lowest BCUT2D eigenvalue weighted by Gasteiger charge is -2.06. The third-order valence-corrected chi connectivity index (χ3v) is 1.55. The Kier molecular flexibility index (Phi) is 2.21. The van der Waals surface area contributed by atoms with Gasteiger partial charge in [-0.25, -0.2) is 4.79 Å². The number of aldehydes is 1. The SMILES string of the molecule is O=CC1C=CC(C(=O)O)=CC1. The van der Waals surface area contributed by atoms with Gasteiger partial charge < -0.3 is 9.90 Å². The van der Waals surface area contributed by atoms with Gasteiger partial charge in [0.15, 0.2) is 0 Å². The molecule has 0 amide bonds. The van der Waals surface area contributed by atoms with Crippen molar-refractivity contribution in [3.63, 3.8) is 0 Å². The second kappa shape index (κ2) is 3.14. The molecule has 1 unspecified atom stereocenters. The van der Waals surface area contributed by atoms with Crippen LogP contribution in [0.2, 0.25) is 0 Å². The summed E-state index contributed by atoms with van der Waals surface area (Å²) in [5.74, 6) is -1.08. The smallest absolute Gasteiger partial charge is 0.335 e. The zero-order valence-electron chi connectivity index (χ0n) is 5.86. The van der Waals surface area contributed by atoms with Crippen LogP contribution in [0.3, 0.4) is 0 Å². The van der Waals surface area contributed by atoms with Crippen molar-refractivity contribution in [3.8, 4) is 0 Å². The summed E-state index contributed by atoms with van der Waals surface area (Å²) in [5, 5.41) is 8.49. The highest BCUT2D eigenvalue weighted by Crippen LogP contribution is 2.13. The molecule has 1 rings (SSSR count). The lowest BCUT2D eigenvalue weighted by Crippen LogP contribution is -2.05. The summed E-state index contributed by atoms with van der Waals surface area (Å²) < 4.78 is 0. The van der Waals surface area contributed by atoms with Gasteiger partial charge in [0.1, 0.15) is 6.29 Å². The number of allylic oxidation sites excluding steroid dienone is 2. The normalized spacial score (nSPS) is 22.5. The number of aliphatic carboxylic acids is 1. The van der Waals surface area contributed by atoms with Crippen molar-refractivity contribution in [2.45, 2.75) is 6.42 Å². The zero-order chi connectivity index (χ0) is 8.27. The van der Waals surface area contributed by atoms with E-state index in [1.807, 2.05) is 0 Å². The lowest BCUT2D eigenvalue weighted by molar-refractivity contribution is -0.132. The highest BCUT2D eigenvalue weighted by molar-refractivity contribution is 5.90. The minimum Gasteiger partial charge on any atom is -0.478 e. The molecule has 0 aromatic heterocycles. The number of carboxylic acid groups (broad SMARTS) is 1. The van der Waals surface area contributed by atoms with Gasteiger partial charge in [0, 0.05) is 5.92 Å². The van der Waals surface area contributed by atoms with Crippen molar-refractivity contribution in [2.75, 3.05) is 0 Å². The predicted octanol–water partition coefficient (Wildman–Crippen LogP) is 0.772. The highest BCUT2D eigenvalue weighted by atomic mass is 16.4. The molecule has 0 fully saturated rings. The molecule has 0 radical (unpaired) electrons. The first kappa shape index (κ1) is 7.72. The molecule has 0 spiro atoms. The van der Waals surface area contributed by atoms with Gasteiger partial charge >= 0.3 is 5.97 Å². The van der Waals surface area contributed by atoms with E-state index in [-0.39, 0.29) is 11.5 Å². The van der Waals surface area contributed by atoms with E-state index in [0.29, 0.717) is 6.42 Å². The maximum absolute atomic E-state index is 10.3. The first-order valence-corrected chi connectivity index (χ1v) is 3.31. The molecular weight excluding hydrogens is 144 g/mol. The Morgan fingerprint density at radius 3 is 2.82 bits per heavy atom. The molecule has 1 atom stereocenters. The summed E-state index contributed by atoms with van der Waals surface area (Å²) in [6.45, 7) is 0. The van der Waals surface area contributed by atoms with E-state index < -0.39 is 5.97 Å². The van der Waals surface area contributed by atoms with Crippen LogP contribution in [0.25, 0.3) is 0 Å². The molecule has 0 aromatic rings. The van der Waals surface area contributed by atoms with Gasteiger partial charge in [-0.2, -0.15) is 0 Å². The Morgan fingerprint density at radius 2 is 2.45 bits per heavy atom. The number of carbonyl (C=O) groups excluding carboxylic acids is 1. The molecule has 1 aliphatic rings. The third kappa shape index (κ3) is 1.77. The van der Waals surface area contributed by atoms with Crippen molar-refractivity contribution < 1.29 is 14.7 Å². The molecule has 0 bridgehead atoms. The maximum Gasteiger partial charge on any atom is 0.335 e. The molecule has 0 heterocycles. The summed E-state index contributed by atoms with van der Waals surface area (Å²) in [7, 11) is 0. The predicted molar refractivity (Wildman–Crippen MR) is 39.0 cm³/mol. The fourth-order valence-electron chi connectivity index (χ4n) is 0.896. The molecule has 0 saturated heterocycles. The largest absolute Gasteiger partial charge is 0.478 e. The van der Waals surface area contributed by atoms with Gasteiger partial charge in [0.05, 0.1) is 5.57 Å². The molecule has 0 aromatic carbocycles. The van der Waals surface area contributed by atoms with E-state index in [1.165, 1.54) is 6.08 Å². The molecule has 11 heavy (non-hydrogen) atoms. The standard InChI is InChI=1S/C8H8O3/c9-5-6-1-3-7(4-2-6)8(10)11/h1,3-6H,2H2,(H,10,11). The second-order valence-corrected chi connectivity index (χ2v) is 2.36. The van der Waals surface area contributed by atoms with Crippen molar-refractivity contribution >= 4 is 12.3 Å². The van der Waals surface area contributed by atoms with E-state index in [0.717, 1.165) is 6.29 Å². The van der Waals surface area contributed by atoms with Gasteiger partial charge in [-0.1, -0.05) is 18.2 Å². The minimum atomic E-state index is -0.939. The van der Waals surface area contributed by atoms with Crippen LogP contribution in [-0.4, -0.2) is 17.4 Å². The fraction of sp³-hybridized carbons (Fsp3) is 0.250. The van der Waals surface area contributed by atoms with Crippen LogP contribution in [0.1, 0.15) is 6.42 Å². The first-order chi connectivity index (χ1) is 5.24. The topological polar surface area (TPSA) is 54.4 Å². The molecule has 1 aliphatic carbocycles. The van der Waals surface area contributed by atoms with Crippen LogP contribution in [0.5, 0.6) is 0 Å². The molecule has 0 aliphatic heterocycles. The monoisotopic (exact) mass is 152 g/mol. The molecule has 3 nitrogen and oxygen atoms in total. The van der Waals surface area contributed by atoms with Crippen LogP contribution in [0, 0.1) is 5.92 Å². The summed E-state index contributed by atoms with van der Waals surface area (Å²) in [5.41, 5.74) is 0.267. The fourth-order valence-corrected chi connectivity index (χ4v) is 0.896. The number of rotatable bonds is 2. The van der Waals surface area contributed by atoms with Crippen molar-refractivity contribution in [1.29, 1.82) is 0 Å². The Morgan fingerprint density at radius 1 is 1.73 bits per heavy atom. The van der Waals surface area contributed by atoms with Crippen LogP contribution < -0.4 is 0 Å². The summed E-state index contributed by atoms with van der Waals surface area (Å²) in [6.07, 6.45) is 5.94. The highest BCUT2D eigenvalue weighted by Gasteiger charge is 2.10. The van der Waals surface area contributed by atoms with Gasteiger partial charge in [-0.05, 0) is 6.42 Å². The van der Waals surface area contributed by atoms with Gasteiger partial charge in [0.25, 0.3) is 0 Å². The molecule has 1 N–H and O–H groups in total. The number of carboxylic acids is 1. The summed E-state index contributed by atoms with van der Waals surface area (Å²) >= 11 is 0. The van der Waals surface area contributed by atoms with Crippen molar-refractivity contribution in [1.82, 2.24) is 0 Å². The van der Waals surface area contributed by atoms with Gasteiger partial charge in [-0.15, -0.1) is 0 Å². The Balaban J connectivity index is 2.66. The maximum atomic E-state index is 10.3. The molecule has 0 saturated carbocycles. The first-order valence-electron chi connectivity index (χ1n) is 3.31. The molecular formula is C8H8O3. The van der Waals surface area contributed by atoms with E-state index in [4.69, 9.17) is 5.11 Å². The number of hydrogen-bond donors (Lipinski definition) is 1. The quantitative estimate of drug-likeness (QED) is 0.594. The summed E-state index contributed by atoms with van der Waals surface area (Å²) in [4.78, 5) is 20.5. The second-order valence-electron chi connectivity index (χ2n) is 2.36. The van der Waals surface area contributed by atoms with Crippen molar-refractivity contribution in [2.24, 2.45) is 5.92 Å². The third-order valence-electron chi connectivity index (χ3n) is 1.55. The Labute approximate surface area is 64.0 Å². The van der Waals surface area contributed by atoms with Crippen molar-refractivity contribution in [3.05, 3.63) is 23.8 Å². The van der Waals surface area contributed by atoms with Crippen LogP contribution in [0.15, 0.2) is 23.8 Å². The van der Waals surface area contributed by atoms with Crippen LogP contribution >= 0.6 is 0 Å². The minimum absolute atomic E-state index is 0.141. The average Bonchev–Trinajstić information content (AvgIpc) is 2.05. The van der Waals surface area contributed by atoms with Crippen LogP contribution in [0.4, 0.5) is 0 Å². The van der Waals surface area contributed by atoms with E-state index in [1.54, 1.807) is 12.2 Å². The van der Waals surface area contributed by atoms with Gasteiger partial charge in [0.2, 0.25) is 0 Å². The van der Waals surface area contributed by atoms with E-state index >= 15 is 0 Å². The summed E-state index contributed by atoms with van der Waals surface area (Å²) in [6, 6.07) is 0. The molecule has 58 valence electrons. The number of carbonyl (C=O) groups is 2. The average molecular weight is 152 g/mol. The number of hydrogen-bond acceptors (Lipinski definition) is 2. The Hall–Kier alpha value is -1.38. The van der Waals surface area contributed by atoms with E-state index in [9.17, 15) is 9.59 Å².